The van der Waals surface area contributed by atoms with Gasteiger partial charge in [0.2, 0.25) is 0 Å². The van der Waals surface area contributed by atoms with Crippen LogP contribution in [0.5, 0.6) is 0 Å². The molecule has 2 N–H and O–H groups in total. The first-order valence-electron chi connectivity index (χ1n) is 4.94. The lowest BCUT2D eigenvalue weighted by Crippen LogP contribution is -2.68. The van der Waals surface area contributed by atoms with Gasteiger partial charge in [-0.25, -0.2) is 0 Å². The third-order valence-electron chi connectivity index (χ3n) is 3.05. The van der Waals surface area contributed by atoms with Gasteiger partial charge in [0, 0.05) is 5.54 Å². The Morgan fingerprint density at radius 1 is 1.21 bits per heavy atom. The van der Waals surface area contributed by atoms with Crippen molar-refractivity contribution in [2.45, 2.75) is 57.4 Å². The Labute approximate surface area is 85.4 Å². The molecule has 0 aromatic rings. The van der Waals surface area contributed by atoms with E-state index in [2.05, 4.69) is 0 Å². The van der Waals surface area contributed by atoms with E-state index in [0.717, 1.165) is 0 Å². The van der Waals surface area contributed by atoms with Gasteiger partial charge in [-0.15, -0.1) is 0 Å². The Bertz CT molecular complexity index is 215. The van der Waals surface area contributed by atoms with Crippen molar-refractivity contribution in [2.75, 3.05) is 7.11 Å². The largest absolute Gasteiger partial charge is 0.390 e. The van der Waals surface area contributed by atoms with Gasteiger partial charge in [-0.05, 0) is 34.1 Å². The van der Waals surface area contributed by atoms with Crippen molar-refractivity contribution in [3.63, 3.8) is 0 Å². The van der Waals surface area contributed by atoms with Crippen LogP contribution in [-0.4, -0.2) is 45.7 Å². The number of rotatable bonds is 1. The standard InChI is InChI=1S/C10H21NO3/c1-9(2)6-7(12)8(13)10(3,4)11(9)14-5/h7-8,12-13H,6H2,1-5H3. The maximum atomic E-state index is 9.87. The van der Waals surface area contributed by atoms with E-state index in [-0.39, 0.29) is 5.54 Å². The van der Waals surface area contributed by atoms with E-state index < -0.39 is 17.7 Å². The molecule has 0 spiro atoms. The van der Waals surface area contributed by atoms with Gasteiger partial charge in [0.15, 0.2) is 0 Å². The predicted molar refractivity (Wildman–Crippen MR) is 53.6 cm³/mol. The highest BCUT2D eigenvalue weighted by Crippen LogP contribution is 2.38. The molecule has 1 rings (SSSR count). The minimum Gasteiger partial charge on any atom is -0.390 e. The molecule has 0 aliphatic carbocycles. The maximum absolute atomic E-state index is 9.87. The molecule has 1 fully saturated rings. The highest BCUT2D eigenvalue weighted by Gasteiger charge is 2.51. The summed E-state index contributed by atoms with van der Waals surface area (Å²) in [7, 11) is 1.59. The quantitative estimate of drug-likeness (QED) is 0.653. The lowest BCUT2D eigenvalue weighted by molar-refractivity contribution is -0.305. The average molecular weight is 203 g/mol. The van der Waals surface area contributed by atoms with Crippen LogP contribution >= 0.6 is 0 Å². The second kappa shape index (κ2) is 3.45. The summed E-state index contributed by atoms with van der Waals surface area (Å²) in [5.41, 5.74) is -0.840. The van der Waals surface area contributed by atoms with Crippen molar-refractivity contribution in [1.29, 1.82) is 0 Å². The Balaban J connectivity index is 3.01. The number of hydroxylamine groups is 2. The molecule has 0 saturated carbocycles. The van der Waals surface area contributed by atoms with Crippen molar-refractivity contribution >= 4 is 0 Å². The predicted octanol–water partition coefficient (Wildman–Crippen LogP) is 0.533. The van der Waals surface area contributed by atoms with Gasteiger partial charge in [-0.3, -0.25) is 0 Å². The third-order valence-corrected chi connectivity index (χ3v) is 3.05. The smallest absolute Gasteiger partial charge is 0.100 e. The van der Waals surface area contributed by atoms with E-state index in [0.29, 0.717) is 6.42 Å². The highest BCUT2D eigenvalue weighted by molar-refractivity contribution is 5.02. The normalized spacial score (nSPS) is 37.1. The number of piperidine rings is 1. The molecule has 2 atom stereocenters. The Morgan fingerprint density at radius 3 is 2.14 bits per heavy atom. The van der Waals surface area contributed by atoms with Crippen molar-refractivity contribution < 1.29 is 15.1 Å². The van der Waals surface area contributed by atoms with Crippen LogP contribution in [-0.2, 0) is 4.84 Å². The minimum absolute atomic E-state index is 0.267. The molecule has 84 valence electrons. The van der Waals surface area contributed by atoms with E-state index in [1.165, 1.54) is 0 Å². The monoisotopic (exact) mass is 203 g/mol. The summed E-state index contributed by atoms with van der Waals surface area (Å²) >= 11 is 0. The number of aliphatic hydroxyl groups is 2. The summed E-state index contributed by atoms with van der Waals surface area (Å²) in [6, 6.07) is 0. The molecule has 4 heteroatoms. The van der Waals surface area contributed by atoms with Crippen LogP contribution in [0.3, 0.4) is 0 Å². The first-order chi connectivity index (χ1) is 6.23. The molecule has 0 aromatic heterocycles. The SMILES string of the molecule is CON1C(C)(C)CC(O)C(O)C1(C)C. The number of nitrogens with zero attached hydrogens (tertiary/aromatic N) is 1. The first-order valence-corrected chi connectivity index (χ1v) is 4.94. The maximum Gasteiger partial charge on any atom is 0.100 e. The topological polar surface area (TPSA) is 52.9 Å². The summed E-state index contributed by atoms with van der Waals surface area (Å²) in [5, 5.41) is 21.4. The van der Waals surface area contributed by atoms with Crippen LogP contribution in [0.25, 0.3) is 0 Å². The zero-order chi connectivity index (χ0) is 11.1. The van der Waals surface area contributed by atoms with Gasteiger partial charge in [0.25, 0.3) is 0 Å². The lowest BCUT2D eigenvalue weighted by atomic mass is 9.78. The molecule has 1 heterocycles. The van der Waals surface area contributed by atoms with Gasteiger partial charge >= 0.3 is 0 Å². The van der Waals surface area contributed by atoms with Crippen LogP contribution < -0.4 is 0 Å². The first kappa shape index (κ1) is 11.9. The van der Waals surface area contributed by atoms with E-state index in [9.17, 15) is 10.2 Å². The van der Waals surface area contributed by atoms with Crippen LogP contribution in [0.15, 0.2) is 0 Å². The molecular weight excluding hydrogens is 182 g/mol. The van der Waals surface area contributed by atoms with Crippen LogP contribution in [0, 0.1) is 0 Å². The number of aliphatic hydroxyl groups excluding tert-OH is 2. The highest BCUT2D eigenvalue weighted by atomic mass is 16.7. The molecule has 1 saturated heterocycles. The Kier molecular flexibility index (Phi) is 2.94. The zero-order valence-corrected chi connectivity index (χ0v) is 9.61. The second-order valence-corrected chi connectivity index (χ2v) is 5.16. The molecule has 0 amide bonds. The van der Waals surface area contributed by atoms with Gasteiger partial charge in [0.05, 0.1) is 18.8 Å². The fraction of sp³-hybridized carbons (Fsp3) is 1.00. The van der Waals surface area contributed by atoms with E-state index >= 15 is 0 Å². The Morgan fingerprint density at radius 2 is 1.71 bits per heavy atom. The molecule has 2 unspecified atom stereocenters. The fourth-order valence-electron chi connectivity index (χ4n) is 2.56. The van der Waals surface area contributed by atoms with Crippen molar-refractivity contribution in [3.8, 4) is 0 Å². The Hall–Kier alpha value is -0.160. The summed E-state index contributed by atoms with van der Waals surface area (Å²) in [6.07, 6.45) is -0.965. The van der Waals surface area contributed by atoms with Crippen LogP contribution in [0.2, 0.25) is 0 Å². The summed E-state index contributed by atoms with van der Waals surface area (Å²) in [4.78, 5) is 5.30. The molecule has 14 heavy (non-hydrogen) atoms. The molecule has 1 aliphatic rings. The molecule has 0 aromatic carbocycles. The molecule has 4 nitrogen and oxygen atoms in total. The molecule has 0 radical (unpaired) electrons. The summed E-state index contributed by atoms with van der Waals surface area (Å²) < 4.78 is 0. The zero-order valence-electron chi connectivity index (χ0n) is 9.61. The third kappa shape index (κ3) is 1.67. The molecule has 0 bridgehead atoms. The van der Waals surface area contributed by atoms with Crippen molar-refractivity contribution in [3.05, 3.63) is 0 Å². The number of hydrogen-bond acceptors (Lipinski definition) is 4. The van der Waals surface area contributed by atoms with E-state index in [1.807, 2.05) is 27.7 Å². The minimum atomic E-state index is -0.782. The van der Waals surface area contributed by atoms with Gasteiger partial charge in [-0.1, -0.05) is 0 Å². The summed E-state index contributed by atoms with van der Waals surface area (Å²) in [5.74, 6) is 0. The van der Waals surface area contributed by atoms with E-state index in [1.54, 1.807) is 12.2 Å². The van der Waals surface area contributed by atoms with Crippen LogP contribution in [0.1, 0.15) is 34.1 Å². The van der Waals surface area contributed by atoms with Crippen LogP contribution in [0.4, 0.5) is 0 Å². The van der Waals surface area contributed by atoms with Gasteiger partial charge in [0.1, 0.15) is 6.10 Å². The van der Waals surface area contributed by atoms with E-state index in [4.69, 9.17) is 4.84 Å². The lowest BCUT2D eigenvalue weighted by Gasteiger charge is -2.54. The van der Waals surface area contributed by atoms with Gasteiger partial charge < -0.3 is 15.1 Å². The molecular formula is C10H21NO3. The average Bonchev–Trinajstić information content (AvgIpc) is 1.99. The fourth-order valence-corrected chi connectivity index (χ4v) is 2.56. The summed E-state index contributed by atoms with van der Waals surface area (Å²) in [6.45, 7) is 7.72. The van der Waals surface area contributed by atoms with Crippen molar-refractivity contribution in [2.24, 2.45) is 0 Å². The van der Waals surface area contributed by atoms with Crippen molar-refractivity contribution in [1.82, 2.24) is 5.06 Å². The second-order valence-electron chi connectivity index (χ2n) is 5.16. The van der Waals surface area contributed by atoms with Gasteiger partial charge in [-0.2, -0.15) is 5.06 Å². The molecule has 1 aliphatic heterocycles. The number of hydrogen-bond donors (Lipinski definition) is 2.